The van der Waals surface area contributed by atoms with Crippen LogP contribution in [0.25, 0.3) is 0 Å². The van der Waals surface area contributed by atoms with E-state index in [1.54, 1.807) is 12.1 Å². The molecule has 4 nitrogen and oxygen atoms in total. The molecule has 1 atom stereocenters. The second kappa shape index (κ2) is 5.71. The summed E-state index contributed by atoms with van der Waals surface area (Å²) in [5, 5.41) is 0.438. The van der Waals surface area contributed by atoms with E-state index in [1.165, 1.54) is 0 Å². The van der Waals surface area contributed by atoms with E-state index in [9.17, 15) is 8.42 Å². The maximum absolute atomic E-state index is 10.9. The molecule has 0 unspecified atom stereocenters. The van der Waals surface area contributed by atoms with Crippen molar-refractivity contribution in [1.29, 1.82) is 0 Å². The molecule has 0 fully saturated rings. The molecule has 0 saturated heterocycles. The first-order valence-electron chi connectivity index (χ1n) is 5.15. The number of hydrogen-bond donors (Lipinski definition) is 1. The van der Waals surface area contributed by atoms with Crippen LogP contribution in [0.1, 0.15) is 18.5 Å². The summed E-state index contributed by atoms with van der Waals surface area (Å²) in [4.78, 5) is 0. The van der Waals surface area contributed by atoms with E-state index in [1.807, 2.05) is 13.0 Å². The van der Waals surface area contributed by atoms with Crippen LogP contribution in [-0.4, -0.2) is 27.0 Å². The highest BCUT2D eigenvalue weighted by Gasteiger charge is 2.07. The van der Waals surface area contributed by atoms with Crippen LogP contribution in [0.4, 0.5) is 0 Å². The van der Waals surface area contributed by atoms with Crippen LogP contribution in [-0.2, 0) is 9.84 Å². The quantitative estimate of drug-likeness (QED) is 0.891. The fourth-order valence-electron chi connectivity index (χ4n) is 1.22. The molecule has 0 saturated carbocycles. The van der Waals surface area contributed by atoms with E-state index in [0.29, 0.717) is 10.8 Å². The van der Waals surface area contributed by atoms with E-state index in [2.05, 4.69) is 0 Å². The van der Waals surface area contributed by atoms with Gasteiger partial charge in [-0.2, -0.15) is 0 Å². The number of hydrogen-bond acceptors (Lipinski definition) is 4. The summed E-state index contributed by atoms with van der Waals surface area (Å²) >= 11 is 5.99. The maximum atomic E-state index is 10.9. The van der Waals surface area contributed by atoms with E-state index in [-0.39, 0.29) is 18.4 Å². The predicted octanol–water partition coefficient (Wildman–Crippen LogP) is 1.78. The third-order valence-corrected chi connectivity index (χ3v) is 3.40. The van der Waals surface area contributed by atoms with E-state index >= 15 is 0 Å². The van der Waals surface area contributed by atoms with Crippen LogP contribution in [0.3, 0.4) is 0 Å². The Balaban J connectivity index is 2.67. The average molecular weight is 278 g/mol. The number of sulfone groups is 1. The van der Waals surface area contributed by atoms with Gasteiger partial charge in [-0.1, -0.05) is 17.7 Å². The summed E-state index contributed by atoms with van der Waals surface area (Å²) in [6.45, 7) is 1.95. The predicted molar refractivity (Wildman–Crippen MR) is 69.3 cm³/mol. The van der Waals surface area contributed by atoms with Crippen LogP contribution in [0, 0.1) is 0 Å². The molecule has 0 bridgehead atoms. The SMILES string of the molecule is C[C@@H](N)c1ccc(OCCS(C)(=O)=O)c(Cl)c1. The maximum Gasteiger partial charge on any atom is 0.150 e. The van der Waals surface area contributed by atoms with Crippen molar-refractivity contribution in [2.75, 3.05) is 18.6 Å². The summed E-state index contributed by atoms with van der Waals surface area (Å²) in [7, 11) is -3.02. The molecule has 2 N–H and O–H groups in total. The lowest BCUT2D eigenvalue weighted by molar-refractivity contribution is 0.341. The van der Waals surface area contributed by atoms with Gasteiger partial charge in [0.05, 0.1) is 10.8 Å². The summed E-state index contributed by atoms with van der Waals surface area (Å²) < 4.78 is 27.1. The average Bonchev–Trinajstić information content (AvgIpc) is 2.18. The van der Waals surface area contributed by atoms with Gasteiger partial charge < -0.3 is 10.5 Å². The van der Waals surface area contributed by atoms with Gasteiger partial charge in [-0.25, -0.2) is 8.42 Å². The van der Waals surface area contributed by atoms with Crippen molar-refractivity contribution in [3.63, 3.8) is 0 Å². The molecule has 1 aromatic rings. The Kier molecular flexibility index (Phi) is 4.80. The number of halogens is 1. The molecule has 96 valence electrons. The Morgan fingerprint density at radius 1 is 1.47 bits per heavy atom. The molecule has 0 radical (unpaired) electrons. The summed E-state index contributed by atoms with van der Waals surface area (Å²) in [5.74, 6) is 0.443. The van der Waals surface area contributed by atoms with Crippen molar-refractivity contribution in [3.8, 4) is 5.75 Å². The Bertz CT molecular complexity index is 485. The van der Waals surface area contributed by atoms with E-state index in [4.69, 9.17) is 22.1 Å². The first kappa shape index (κ1) is 14.3. The molecular formula is C11H16ClNO3S. The zero-order chi connectivity index (χ0) is 13.1. The van der Waals surface area contributed by atoms with Gasteiger partial charge >= 0.3 is 0 Å². The summed E-state index contributed by atoms with van der Waals surface area (Å²) in [6, 6.07) is 5.13. The van der Waals surface area contributed by atoms with Crippen molar-refractivity contribution < 1.29 is 13.2 Å². The molecule has 17 heavy (non-hydrogen) atoms. The zero-order valence-corrected chi connectivity index (χ0v) is 11.4. The molecule has 0 aliphatic rings. The smallest absolute Gasteiger partial charge is 0.150 e. The molecular weight excluding hydrogens is 262 g/mol. The Morgan fingerprint density at radius 2 is 2.12 bits per heavy atom. The normalized spacial score (nSPS) is 13.4. The highest BCUT2D eigenvalue weighted by Crippen LogP contribution is 2.27. The summed E-state index contributed by atoms with van der Waals surface area (Å²) in [6.07, 6.45) is 1.16. The minimum Gasteiger partial charge on any atom is -0.491 e. The topological polar surface area (TPSA) is 69.4 Å². The van der Waals surface area contributed by atoms with Crippen LogP contribution in [0.15, 0.2) is 18.2 Å². The van der Waals surface area contributed by atoms with Crippen molar-refractivity contribution in [2.24, 2.45) is 5.73 Å². The van der Waals surface area contributed by atoms with Gasteiger partial charge in [0.2, 0.25) is 0 Å². The minimum atomic E-state index is -3.02. The molecule has 0 heterocycles. The van der Waals surface area contributed by atoms with Gasteiger partial charge in [-0.05, 0) is 24.6 Å². The number of rotatable bonds is 5. The van der Waals surface area contributed by atoms with E-state index in [0.717, 1.165) is 11.8 Å². The lowest BCUT2D eigenvalue weighted by Crippen LogP contribution is -2.12. The second-order valence-electron chi connectivity index (χ2n) is 3.96. The molecule has 1 rings (SSSR count). The molecule has 0 aromatic heterocycles. The minimum absolute atomic E-state index is 0.0294. The monoisotopic (exact) mass is 277 g/mol. The van der Waals surface area contributed by atoms with Crippen molar-refractivity contribution >= 4 is 21.4 Å². The Hall–Kier alpha value is -0.780. The summed E-state index contributed by atoms with van der Waals surface area (Å²) in [5.41, 5.74) is 6.62. The number of nitrogens with two attached hydrogens (primary N) is 1. The van der Waals surface area contributed by atoms with Gasteiger partial charge in [0.15, 0.2) is 9.84 Å². The van der Waals surface area contributed by atoms with E-state index < -0.39 is 9.84 Å². The fraction of sp³-hybridized carbons (Fsp3) is 0.455. The van der Waals surface area contributed by atoms with Crippen molar-refractivity contribution in [2.45, 2.75) is 13.0 Å². The first-order valence-corrected chi connectivity index (χ1v) is 7.59. The molecule has 0 aliphatic heterocycles. The standard InChI is InChI=1S/C11H16ClNO3S/c1-8(13)9-3-4-11(10(12)7-9)16-5-6-17(2,14)15/h3-4,7-8H,5-6,13H2,1-2H3/t8-/m1/s1. The van der Waals surface area contributed by atoms with Crippen LogP contribution in [0.2, 0.25) is 5.02 Å². The Morgan fingerprint density at radius 3 is 2.59 bits per heavy atom. The van der Waals surface area contributed by atoms with Gasteiger partial charge in [-0.3, -0.25) is 0 Å². The largest absolute Gasteiger partial charge is 0.491 e. The molecule has 0 amide bonds. The molecule has 0 aliphatic carbocycles. The molecule has 0 spiro atoms. The Labute approximate surface area is 107 Å². The zero-order valence-electron chi connectivity index (χ0n) is 9.81. The highest BCUT2D eigenvalue weighted by atomic mass is 35.5. The fourth-order valence-corrected chi connectivity index (χ4v) is 1.85. The molecule has 1 aromatic carbocycles. The van der Waals surface area contributed by atoms with Gasteiger partial charge in [0.1, 0.15) is 12.4 Å². The van der Waals surface area contributed by atoms with Crippen LogP contribution >= 0.6 is 11.6 Å². The molecule has 6 heteroatoms. The number of ether oxygens (including phenoxy) is 1. The lowest BCUT2D eigenvalue weighted by Gasteiger charge is -2.10. The second-order valence-corrected chi connectivity index (χ2v) is 6.62. The van der Waals surface area contributed by atoms with Crippen LogP contribution < -0.4 is 10.5 Å². The van der Waals surface area contributed by atoms with Crippen LogP contribution in [0.5, 0.6) is 5.75 Å². The van der Waals surface area contributed by atoms with Gasteiger partial charge in [-0.15, -0.1) is 0 Å². The third-order valence-electron chi connectivity index (χ3n) is 2.19. The first-order chi connectivity index (χ1) is 7.79. The van der Waals surface area contributed by atoms with Crippen molar-refractivity contribution in [3.05, 3.63) is 28.8 Å². The van der Waals surface area contributed by atoms with Crippen molar-refractivity contribution in [1.82, 2.24) is 0 Å². The number of benzene rings is 1. The van der Waals surface area contributed by atoms with Gasteiger partial charge in [0, 0.05) is 12.3 Å². The third kappa shape index (κ3) is 4.93. The highest BCUT2D eigenvalue weighted by molar-refractivity contribution is 7.90. The van der Waals surface area contributed by atoms with Gasteiger partial charge in [0.25, 0.3) is 0 Å². The lowest BCUT2D eigenvalue weighted by atomic mass is 10.1.